The van der Waals surface area contributed by atoms with Crippen LogP contribution in [0, 0.1) is 22.7 Å². The maximum atomic E-state index is 12.1. The molecule has 0 radical (unpaired) electrons. The lowest BCUT2D eigenvalue weighted by molar-refractivity contribution is -0.133. The second-order valence-corrected chi connectivity index (χ2v) is 5.24. The van der Waals surface area contributed by atoms with E-state index < -0.39 is 11.5 Å². The maximum absolute atomic E-state index is 12.1. The molecule has 2 amide bonds. The van der Waals surface area contributed by atoms with Crippen LogP contribution in [-0.2, 0) is 9.59 Å². The first kappa shape index (κ1) is 17.4. The van der Waals surface area contributed by atoms with Crippen LogP contribution in [0.1, 0.15) is 47.5 Å². The van der Waals surface area contributed by atoms with E-state index in [-0.39, 0.29) is 11.8 Å². The molecule has 19 heavy (non-hydrogen) atoms. The van der Waals surface area contributed by atoms with E-state index in [0.717, 1.165) is 0 Å². The summed E-state index contributed by atoms with van der Waals surface area (Å²) in [6.07, 6.45) is 0.873. The van der Waals surface area contributed by atoms with Crippen molar-refractivity contribution < 1.29 is 9.59 Å². The molecule has 0 rings (SSSR count). The van der Waals surface area contributed by atoms with Gasteiger partial charge in [0.1, 0.15) is 11.5 Å². The monoisotopic (exact) mass is 267 g/mol. The Hall–Kier alpha value is -1.57. The summed E-state index contributed by atoms with van der Waals surface area (Å²) >= 11 is 0. The third-order valence-electron chi connectivity index (χ3n) is 3.28. The van der Waals surface area contributed by atoms with Crippen molar-refractivity contribution in [3.05, 3.63) is 0 Å². The lowest BCUT2D eigenvalue weighted by atomic mass is 9.83. The average Bonchev–Trinajstić information content (AvgIpc) is 2.38. The highest BCUT2D eigenvalue weighted by molar-refractivity contribution is 5.91. The van der Waals surface area contributed by atoms with Gasteiger partial charge < -0.3 is 10.6 Å². The molecule has 0 aromatic heterocycles. The first-order chi connectivity index (χ1) is 8.82. The Morgan fingerprint density at radius 2 is 1.74 bits per heavy atom. The van der Waals surface area contributed by atoms with E-state index in [1.807, 2.05) is 13.8 Å². The number of carbonyl (C=O) groups excluding carboxylic acids is 2. The van der Waals surface area contributed by atoms with E-state index in [1.165, 1.54) is 0 Å². The van der Waals surface area contributed by atoms with Crippen LogP contribution in [0.2, 0.25) is 0 Å². The van der Waals surface area contributed by atoms with Gasteiger partial charge >= 0.3 is 0 Å². The van der Waals surface area contributed by atoms with E-state index in [2.05, 4.69) is 16.7 Å². The Labute approximate surface area is 115 Å². The SMILES string of the molecule is CCC(C#N)(CC)C(=O)NC(C)C(=O)NCC(C)C. The van der Waals surface area contributed by atoms with Crippen molar-refractivity contribution in [1.82, 2.24) is 10.6 Å². The van der Waals surface area contributed by atoms with Gasteiger partial charge in [0.25, 0.3) is 0 Å². The number of hydrogen-bond acceptors (Lipinski definition) is 3. The molecule has 0 aromatic carbocycles. The molecule has 0 saturated carbocycles. The molecule has 0 fully saturated rings. The van der Waals surface area contributed by atoms with Gasteiger partial charge in [-0.15, -0.1) is 0 Å². The second-order valence-electron chi connectivity index (χ2n) is 5.24. The molecule has 0 saturated heterocycles. The summed E-state index contributed by atoms with van der Waals surface area (Å²) in [5.41, 5.74) is -1.04. The van der Waals surface area contributed by atoms with Gasteiger partial charge in [-0.05, 0) is 25.7 Å². The van der Waals surface area contributed by atoms with E-state index >= 15 is 0 Å². The molecule has 5 heteroatoms. The van der Waals surface area contributed by atoms with Crippen molar-refractivity contribution >= 4 is 11.8 Å². The maximum Gasteiger partial charge on any atom is 0.242 e. The molecular weight excluding hydrogens is 242 g/mol. The molecule has 2 N–H and O–H groups in total. The zero-order chi connectivity index (χ0) is 15.1. The van der Waals surface area contributed by atoms with Crippen molar-refractivity contribution in [3.63, 3.8) is 0 Å². The molecule has 0 bridgehead atoms. The molecule has 0 heterocycles. The minimum Gasteiger partial charge on any atom is -0.354 e. The van der Waals surface area contributed by atoms with Gasteiger partial charge in [0, 0.05) is 6.54 Å². The summed E-state index contributed by atoms with van der Waals surface area (Å²) in [5, 5.41) is 14.5. The lowest BCUT2D eigenvalue weighted by Gasteiger charge is -2.24. The van der Waals surface area contributed by atoms with Crippen LogP contribution in [-0.4, -0.2) is 24.4 Å². The molecule has 0 aliphatic carbocycles. The van der Waals surface area contributed by atoms with Crippen LogP contribution < -0.4 is 10.6 Å². The van der Waals surface area contributed by atoms with Gasteiger partial charge in [-0.2, -0.15) is 5.26 Å². The third kappa shape index (κ3) is 4.90. The molecule has 1 atom stereocenters. The Balaban J connectivity index is 4.56. The van der Waals surface area contributed by atoms with E-state index in [9.17, 15) is 9.59 Å². The van der Waals surface area contributed by atoms with Crippen LogP contribution in [0.15, 0.2) is 0 Å². The van der Waals surface area contributed by atoms with Crippen LogP contribution in [0.5, 0.6) is 0 Å². The number of rotatable bonds is 7. The fourth-order valence-corrected chi connectivity index (χ4v) is 1.64. The molecule has 1 unspecified atom stereocenters. The lowest BCUT2D eigenvalue weighted by Crippen LogP contribution is -2.50. The van der Waals surface area contributed by atoms with Crippen molar-refractivity contribution in [2.24, 2.45) is 11.3 Å². The number of carbonyl (C=O) groups is 2. The van der Waals surface area contributed by atoms with Crippen molar-refractivity contribution in [2.75, 3.05) is 6.54 Å². The number of hydrogen-bond donors (Lipinski definition) is 2. The van der Waals surface area contributed by atoms with Crippen LogP contribution in [0.3, 0.4) is 0 Å². The van der Waals surface area contributed by atoms with Gasteiger partial charge in [0.2, 0.25) is 11.8 Å². The first-order valence-electron chi connectivity index (χ1n) is 6.82. The van der Waals surface area contributed by atoms with Gasteiger partial charge in [-0.25, -0.2) is 0 Å². The number of amides is 2. The summed E-state index contributed by atoms with van der Waals surface area (Å²) in [7, 11) is 0. The molecule has 0 aliphatic rings. The minimum absolute atomic E-state index is 0.221. The molecule has 108 valence electrons. The zero-order valence-corrected chi connectivity index (χ0v) is 12.5. The third-order valence-corrected chi connectivity index (χ3v) is 3.28. The zero-order valence-electron chi connectivity index (χ0n) is 12.5. The van der Waals surface area contributed by atoms with E-state index in [0.29, 0.717) is 25.3 Å². The number of nitrogens with one attached hydrogen (secondary N) is 2. The normalized spacial score (nSPS) is 12.7. The highest BCUT2D eigenvalue weighted by atomic mass is 16.2. The van der Waals surface area contributed by atoms with Crippen LogP contribution >= 0.6 is 0 Å². The summed E-state index contributed by atoms with van der Waals surface area (Å²) in [6, 6.07) is 1.44. The highest BCUT2D eigenvalue weighted by Gasteiger charge is 2.36. The summed E-state index contributed by atoms with van der Waals surface area (Å²) < 4.78 is 0. The van der Waals surface area contributed by atoms with Gasteiger partial charge in [-0.1, -0.05) is 27.7 Å². The topological polar surface area (TPSA) is 82.0 Å². The number of nitriles is 1. The smallest absolute Gasteiger partial charge is 0.242 e. The summed E-state index contributed by atoms with van der Waals surface area (Å²) in [5.74, 6) is -0.232. The highest BCUT2D eigenvalue weighted by Crippen LogP contribution is 2.25. The molecule has 0 aliphatic heterocycles. The Kier molecular flexibility index (Phi) is 7.13. The summed E-state index contributed by atoms with van der Waals surface area (Å²) in [4.78, 5) is 23.9. The van der Waals surface area contributed by atoms with Crippen LogP contribution in [0.25, 0.3) is 0 Å². The number of nitrogens with zero attached hydrogens (tertiary/aromatic N) is 1. The quantitative estimate of drug-likeness (QED) is 0.735. The van der Waals surface area contributed by atoms with E-state index in [1.54, 1.807) is 20.8 Å². The van der Waals surface area contributed by atoms with Crippen molar-refractivity contribution in [1.29, 1.82) is 5.26 Å². The van der Waals surface area contributed by atoms with Crippen molar-refractivity contribution in [2.45, 2.75) is 53.5 Å². The molecule has 0 aromatic rings. The molecular formula is C14H25N3O2. The standard InChI is InChI=1S/C14H25N3O2/c1-6-14(7-2,9-15)13(19)17-11(5)12(18)16-8-10(3)4/h10-11H,6-8H2,1-5H3,(H,16,18)(H,17,19). The predicted octanol–water partition coefficient (Wildman–Crippen LogP) is 1.59. The van der Waals surface area contributed by atoms with Crippen molar-refractivity contribution in [3.8, 4) is 6.07 Å². The Bertz CT molecular complexity index is 354. The Morgan fingerprint density at radius 1 is 1.21 bits per heavy atom. The first-order valence-corrected chi connectivity index (χ1v) is 6.82. The van der Waals surface area contributed by atoms with E-state index in [4.69, 9.17) is 5.26 Å². The second kappa shape index (κ2) is 7.78. The van der Waals surface area contributed by atoms with Gasteiger partial charge in [0.05, 0.1) is 6.07 Å². The minimum atomic E-state index is -1.04. The summed E-state index contributed by atoms with van der Waals surface area (Å²) in [6.45, 7) is 9.80. The van der Waals surface area contributed by atoms with Gasteiger partial charge in [-0.3, -0.25) is 9.59 Å². The van der Waals surface area contributed by atoms with Crippen LogP contribution in [0.4, 0.5) is 0 Å². The fourth-order valence-electron chi connectivity index (χ4n) is 1.64. The molecule has 0 spiro atoms. The Morgan fingerprint density at radius 3 is 2.11 bits per heavy atom. The average molecular weight is 267 g/mol. The van der Waals surface area contributed by atoms with Gasteiger partial charge in [0.15, 0.2) is 0 Å². The predicted molar refractivity (Wildman–Crippen MR) is 74.1 cm³/mol. The fraction of sp³-hybridized carbons (Fsp3) is 0.786. The molecule has 5 nitrogen and oxygen atoms in total. The largest absolute Gasteiger partial charge is 0.354 e.